The molecule has 2 aromatic carbocycles. The number of rotatable bonds is 5. The summed E-state index contributed by atoms with van der Waals surface area (Å²) in [6.07, 6.45) is 0.698. The predicted molar refractivity (Wildman–Crippen MR) is 90.4 cm³/mol. The fourth-order valence-corrected chi connectivity index (χ4v) is 3.80. The van der Waals surface area contributed by atoms with Gasteiger partial charge in [0.05, 0.1) is 19.1 Å². The molecule has 0 aliphatic heterocycles. The lowest BCUT2D eigenvalue weighted by molar-refractivity contribution is 0.340. The second-order valence-corrected chi connectivity index (χ2v) is 6.96. The van der Waals surface area contributed by atoms with Gasteiger partial charge in [-0.15, -0.1) is 23.2 Å². The fraction of sp³-hybridized carbons (Fsp3) is 0.333. The molecular weight excluding hydrogens is 319 g/mol. The highest BCUT2D eigenvalue weighted by Gasteiger charge is 2.68. The average Bonchev–Trinajstić information content (AvgIpc) is 3.12. The molecule has 1 atom stereocenters. The lowest BCUT2D eigenvalue weighted by Crippen LogP contribution is -2.16. The fourth-order valence-electron chi connectivity index (χ4n) is 2.96. The normalized spacial score (nSPS) is 22.2. The Labute approximate surface area is 141 Å². The van der Waals surface area contributed by atoms with Crippen LogP contribution in [-0.2, 0) is 5.41 Å². The van der Waals surface area contributed by atoms with E-state index in [-0.39, 0.29) is 5.41 Å². The van der Waals surface area contributed by atoms with E-state index in [9.17, 15) is 0 Å². The predicted octanol–water partition coefficient (Wildman–Crippen LogP) is 4.96. The number of methoxy groups -OCH3 is 1. The molecule has 2 nitrogen and oxygen atoms in total. The van der Waals surface area contributed by atoms with Gasteiger partial charge in [-0.05, 0) is 48.7 Å². The molecule has 1 fully saturated rings. The molecule has 0 spiro atoms. The SMILES string of the molecule is CCOc1ccc(C2(c3ccc(OC)cc3)CC2(Cl)Cl)cc1. The second-order valence-electron chi connectivity index (χ2n) is 5.47. The van der Waals surface area contributed by atoms with Gasteiger partial charge in [0, 0.05) is 0 Å². The minimum Gasteiger partial charge on any atom is -0.497 e. The first-order chi connectivity index (χ1) is 10.5. The van der Waals surface area contributed by atoms with Crippen LogP contribution in [-0.4, -0.2) is 18.1 Å². The van der Waals surface area contributed by atoms with Crippen LogP contribution in [0.3, 0.4) is 0 Å². The van der Waals surface area contributed by atoms with Gasteiger partial charge in [-0.25, -0.2) is 0 Å². The first-order valence-electron chi connectivity index (χ1n) is 7.29. The molecule has 0 radical (unpaired) electrons. The van der Waals surface area contributed by atoms with Crippen molar-refractivity contribution in [2.75, 3.05) is 13.7 Å². The summed E-state index contributed by atoms with van der Waals surface area (Å²) >= 11 is 13.0. The van der Waals surface area contributed by atoms with Crippen molar-refractivity contribution in [1.82, 2.24) is 0 Å². The van der Waals surface area contributed by atoms with Crippen LogP contribution in [0, 0.1) is 0 Å². The summed E-state index contributed by atoms with van der Waals surface area (Å²) in [5, 5.41) is 0. The van der Waals surface area contributed by atoms with Crippen LogP contribution in [0.1, 0.15) is 24.5 Å². The highest BCUT2D eigenvalue weighted by Crippen LogP contribution is 2.68. The minimum atomic E-state index is -0.783. The molecule has 116 valence electrons. The monoisotopic (exact) mass is 336 g/mol. The molecule has 0 N–H and O–H groups in total. The third-order valence-electron chi connectivity index (χ3n) is 4.23. The largest absolute Gasteiger partial charge is 0.497 e. The van der Waals surface area contributed by atoms with Gasteiger partial charge in [0.25, 0.3) is 0 Å². The molecule has 0 heterocycles. The summed E-state index contributed by atoms with van der Waals surface area (Å²) in [5.74, 6) is 1.67. The lowest BCUT2D eigenvalue weighted by Gasteiger charge is -2.20. The molecule has 0 saturated heterocycles. The van der Waals surface area contributed by atoms with Crippen molar-refractivity contribution in [2.24, 2.45) is 0 Å². The van der Waals surface area contributed by atoms with E-state index < -0.39 is 4.33 Å². The Balaban J connectivity index is 1.98. The van der Waals surface area contributed by atoms with E-state index in [1.165, 1.54) is 0 Å². The van der Waals surface area contributed by atoms with Gasteiger partial charge in [-0.2, -0.15) is 0 Å². The van der Waals surface area contributed by atoms with Crippen molar-refractivity contribution in [3.63, 3.8) is 0 Å². The van der Waals surface area contributed by atoms with E-state index in [0.717, 1.165) is 22.6 Å². The van der Waals surface area contributed by atoms with Crippen LogP contribution in [0.15, 0.2) is 48.5 Å². The Morgan fingerprint density at radius 3 is 1.73 bits per heavy atom. The number of ether oxygens (including phenoxy) is 2. The molecule has 0 bridgehead atoms. The van der Waals surface area contributed by atoms with E-state index >= 15 is 0 Å². The number of alkyl halides is 2. The Kier molecular flexibility index (Phi) is 4.00. The molecule has 0 amide bonds. The number of hydrogen-bond donors (Lipinski definition) is 0. The Morgan fingerprint density at radius 1 is 0.909 bits per heavy atom. The van der Waals surface area contributed by atoms with Gasteiger partial charge in [0.2, 0.25) is 0 Å². The van der Waals surface area contributed by atoms with Crippen molar-refractivity contribution in [3.05, 3.63) is 59.7 Å². The topological polar surface area (TPSA) is 18.5 Å². The molecule has 1 aliphatic carbocycles. The van der Waals surface area contributed by atoms with Crippen LogP contribution in [0.5, 0.6) is 11.5 Å². The summed E-state index contributed by atoms with van der Waals surface area (Å²) in [7, 11) is 1.65. The van der Waals surface area contributed by atoms with Gasteiger partial charge >= 0.3 is 0 Å². The first-order valence-corrected chi connectivity index (χ1v) is 8.05. The van der Waals surface area contributed by atoms with Gasteiger partial charge in [-0.3, -0.25) is 0 Å². The lowest BCUT2D eigenvalue weighted by atomic mass is 9.88. The quantitative estimate of drug-likeness (QED) is 0.718. The summed E-state index contributed by atoms with van der Waals surface area (Å²) in [6.45, 7) is 2.62. The van der Waals surface area contributed by atoms with Crippen LogP contribution >= 0.6 is 23.2 Å². The maximum atomic E-state index is 6.51. The van der Waals surface area contributed by atoms with Crippen molar-refractivity contribution in [3.8, 4) is 11.5 Å². The molecule has 1 saturated carbocycles. The summed E-state index contributed by atoms with van der Waals surface area (Å²) in [6, 6.07) is 16.0. The zero-order chi connectivity index (χ0) is 15.8. The maximum Gasteiger partial charge on any atom is 0.133 e. The first kappa shape index (κ1) is 15.5. The number of hydrogen-bond acceptors (Lipinski definition) is 2. The Bertz CT molecular complexity index is 650. The molecule has 3 rings (SSSR count). The summed E-state index contributed by atoms with van der Waals surface area (Å²) < 4.78 is 9.94. The van der Waals surface area contributed by atoms with Crippen LogP contribution in [0.25, 0.3) is 0 Å². The highest BCUT2D eigenvalue weighted by molar-refractivity contribution is 6.52. The van der Waals surface area contributed by atoms with Crippen LogP contribution < -0.4 is 9.47 Å². The van der Waals surface area contributed by atoms with E-state index in [2.05, 4.69) is 0 Å². The van der Waals surface area contributed by atoms with Gasteiger partial charge in [0.1, 0.15) is 15.8 Å². The van der Waals surface area contributed by atoms with Crippen LogP contribution in [0.4, 0.5) is 0 Å². The van der Waals surface area contributed by atoms with Gasteiger partial charge in [-0.1, -0.05) is 24.3 Å². The number of halogens is 2. The molecule has 1 unspecified atom stereocenters. The summed E-state index contributed by atoms with van der Waals surface area (Å²) in [5.41, 5.74) is 1.83. The number of benzene rings is 2. The van der Waals surface area contributed by atoms with E-state index in [4.69, 9.17) is 32.7 Å². The standard InChI is InChI=1S/C18H18Cl2O2/c1-3-22-16-10-6-14(7-11-16)17(12-18(17,19)20)13-4-8-15(21-2)9-5-13/h4-11H,3,12H2,1-2H3. The Hall–Kier alpha value is -1.38. The van der Waals surface area contributed by atoms with Crippen molar-refractivity contribution in [2.45, 2.75) is 23.1 Å². The van der Waals surface area contributed by atoms with Crippen LogP contribution in [0.2, 0.25) is 0 Å². The molecule has 0 aromatic heterocycles. The molecule has 1 aliphatic rings. The minimum absolute atomic E-state index is 0.368. The van der Waals surface area contributed by atoms with E-state index in [1.54, 1.807) is 7.11 Å². The smallest absolute Gasteiger partial charge is 0.133 e. The second kappa shape index (κ2) is 5.68. The zero-order valence-electron chi connectivity index (χ0n) is 12.6. The highest BCUT2D eigenvalue weighted by atomic mass is 35.5. The molecule has 4 heteroatoms. The molecule has 2 aromatic rings. The third kappa shape index (κ3) is 2.45. The maximum absolute atomic E-state index is 6.51. The zero-order valence-corrected chi connectivity index (χ0v) is 14.1. The average molecular weight is 337 g/mol. The molecule has 22 heavy (non-hydrogen) atoms. The summed E-state index contributed by atoms with van der Waals surface area (Å²) in [4.78, 5) is 0. The van der Waals surface area contributed by atoms with Crippen molar-refractivity contribution < 1.29 is 9.47 Å². The molecular formula is C18H18Cl2O2. The van der Waals surface area contributed by atoms with Crippen molar-refractivity contribution >= 4 is 23.2 Å². The third-order valence-corrected chi connectivity index (χ3v) is 5.14. The Morgan fingerprint density at radius 2 is 1.36 bits per heavy atom. The van der Waals surface area contributed by atoms with E-state index in [0.29, 0.717) is 13.0 Å². The van der Waals surface area contributed by atoms with Gasteiger partial charge in [0.15, 0.2) is 0 Å². The van der Waals surface area contributed by atoms with E-state index in [1.807, 2.05) is 55.5 Å². The van der Waals surface area contributed by atoms with Gasteiger partial charge < -0.3 is 9.47 Å². The van der Waals surface area contributed by atoms with Crippen molar-refractivity contribution in [1.29, 1.82) is 0 Å².